The topological polar surface area (TPSA) is 53.6 Å². The van der Waals surface area contributed by atoms with E-state index in [1.807, 2.05) is 31.2 Å². The van der Waals surface area contributed by atoms with Crippen LogP contribution in [0.3, 0.4) is 0 Å². The zero-order valence-electron chi connectivity index (χ0n) is 9.84. The van der Waals surface area contributed by atoms with Crippen molar-refractivity contribution in [1.82, 2.24) is 0 Å². The van der Waals surface area contributed by atoms with Gasteiger partial charge in [-0.1, -0.05) is 11.6 Å². The maximum atomic E-state index is 9.47. The van der Waals surface area contributed by atoms with Crippen LogP contribution in [0.25, 0.3) is 22.3 Å². The fourth-order valence-electron chi connectivity index (χ4n) is 2.04. The summed E-state index contributed by atoms with van der Waals surface area (Å²) in [7, 11) is 0. The van der Waals surface area contributed by atoms with Crippen molar-refractivity contribution in [3.8, 4) is 22.8 Å². The van der Waals surface area contributed by atoms with E-state index in [1.165, 1.54) is 6.07 Å². The van der Waals surface area contributed by atoms with Crippen molar-refractivity contribution in [3.05, 3.63) is 48.0 Å². The molecule has 0 unspecified atom stereocenters. The van der Waals surface area contributed by atoms with E-state index in [9.17, 15) is 10.2 Å². The number of benzene rings is 2. The minimum absolute atomic E-state index is 0.0154. The summed E-state index contributed by atoms with van der Waals surface area (Å²) >= 11 is 0. The van der Waals surface area contributed by atoms with Crippen LogP contribution < -0.4 is 0 Å². The number of rotatable bonds is 1. The first-order valence-electron chi connectivity index (χ1n) is 5.65. The highest BCUT2D eigenvalue weighted by Crippen LogP contribution is 2.32. The Bertz CT molecular complexity index is 705. The fourth-order valence-corrected chi connectivity index (χ4v) is 2.04. The number of aromatic hydroxyl groups is 2. The Hall–Kier alpha value is -2.42. The predicted molar refractivity (Wildman–Crippen MR) is 69.7 cm³/mol. The highest BCUT2D eigenvalue weighted by molar-refractivity contribution is 5.83. The van der Waals surface area contributed by atoms with Gasteiger partial charge in [-0.05, 0) is 37.3 Å². The molecule has 2 aromatic carbocycles. The molecule has 0 fully saturated rings. The van der Waals surface area contributed by atoms with Gasteiger partial charge in [0.1, 0.15) is 22.8 Å². The molecule has 3 aromatic rings. The van der Waals surface area contributed by atoms with E-state index >= 15 is 0 Å². The third-order valence-electron chi connectivity index (χ3n) is 2.86. The number of fused-ring (bicyclic) bond motifs is 1. The van der Waals surface area contributed by atoms with Gasteiger partial charge in [-0.3, -0.25) is 0 Å². The first kappa shape index (κ1) is 10.7. The fraction of sp³-hybridized carbons (Fsp3) is 0.0667. The number of aryl methyl sites for hydroxylation is 1. The smallest absolute Gasteiger partial charge is 0.135 e. The van der Waals surface area contributed by atoms with E-state index in [4.69, 9.17) is 4.42 Å². The molecule has 3 rings (SSSR count). The second-order valence-corrected chi connectivity index (χ2v) is 4.39. The summed E-state index contributed by atoms with van der Waals surface area (Å²) in [6, 6.07) is 12.2. The Morgan fingerprint density at radius 1 is 0.889 bits per heavy atom. The second-order valence-electron chi connectivity index (χ2n) is 4.39. The number of phenols is 2. The van der Waals surface area contributed by atoms with E-state index in [-0.39, 0.29) is 11.5 Å². The van der Waals surface area contributed by atoms with Gasteiger partial charge in [0.25, 0.3) is 0 Å². The van der Waals surface area contributed by atoms with E-state index < -0.39 is 0 Å². The van der Waals surface area contributed by atoms with E-state index in [0.717, 1.165) is 16.5 Å². The first-order valence-corrected chi connectivity index (χ1v) is 5.65. The molecule has 3 heteroatoms. The Kier molecular flexibility index (Phi) is 2.27. The van der Waals surface area contributed by atoms with Gasteiger partial charge in [0.2, 0.25) is 0 Å². The van der Waals surface area contributed by atoms with Crippen molar-refractivity contribution < 1.29 is 14.6 Å². The number of hydrogen-bond donors (Lipinski definition) is 2. The normalized spacial score (nSPS) is 10.9. The van der Waals surface area contributed by atoms with Crippen LogP contribution in [-0.2, 0) is 0 Å². The van der Waals surface area contributed by atoms with Gasteiger partial charge < -0.3 is 14.6 Å². The second kappa shape index (κ2) is 3.81. The van der Waals surface area contributed by atoms with Crippen LogP contribution in [0.5, 0.6) is 11.5 Å². The van der Waals surface area contributed by atoms with Crippen molar-refractivity contribution in [2.45, 2.75) is 6.92 Å². The van der Waals surface area contributed by atoms with Crippen LogP contribution in [0.2, 0.25) is 0 Å². The minimum Gasteiger partial charge on any atom is -0.508 e. The summed E-state index contributed by atoms with van der Waals surface area (Å²) in [4.78, 5) is 0. The molecule has 90 valence electrons. The van der Waals surface area contributed by atoms with Gasteiger partial charge >= 0.3 is 0 Å². The molecule has 0 aliphatic rings. The summed E-state index contributed by atoms with van der Waals surface area (Å²) in [6.45, 7) is 2.02. The Morgan fingerprint density at radius 2 is 1.61 bits per heavy atom. The molecule has 2 N–H and O–H groups in total. The summed E-state index contributed by atoms with van der Waals surface area (Å²) in [5, 5.41) is 20.0. The predicted octanol–water partition coefficient (Wildman–Crippen LogP) is 3.82. The molecule has 0 saturated heterocycles. The Labute approximate surface area is 104 Å². The monoisotopic (exact) mass is 240 g/mol. The van der Waals surface area contributed by atoms with Gasteiger partial charge in [-0.15, -0.1) is 0 Å². The van der Waals surface area contributed by atoms with Crippen molar-refractivity contribution >= 4 is 11.0 Å². The zero-order chi connectivity index (χ0) is 12.7. The molecular formula is C15H12O3. The number of phenolic OH excluding ortho intramolecular Hbond substituents is 2. The van der Waals surface area contributed by atoms with Crippen molar-refractivity contribution in [2.24, 2.45) is 0 Å². The molecule has 18 heavy (non-hydrogen) atoms. The lowest BCUT2D eigenvalue weighted by molar-refractivity contribution is 0.450. The van der Waals surface area contributed by atoms with Crippen LogP contribution in [0, 0.1) is 6.92 Å². The van der Waals surface area contributed by atoms with Gasteiger partial charge in [0.05, 0.1) is 0 Å². The summed E-state index contributed by atoms with van der Waals surface area (Å²) in [5.74, 6) is 0.657. The molecule has 0 spiro atoms. The maximum Gasteiger partial charge on any atom is 0.135 e. The minimum atomic E-state index is 0.0154. The SMILES string of the molecule is Cc1ccc2oc(-c3cc(O)cc(O)c3)cc2c1. The summed E-state index contributed by atoms with van der Waals surface area (Å²) in [6.07, 6.45) is 0. The lowest BCUT2D eigenvalue weighted by Gasteiger charge is -1.99. The average molecular weight is 240 g/mol. The van der Waals surface area contributed by atoms with Crippen LogP contribution in [0.15, 0.2) is 46.9 Å². The lowest BCUT2D eigenvalue weighted by atomic mass is 10.1. The average Bonchev–Trinajstić information content (AvgIpc) is 2.70. The van der Waals surface area contributed by atoms with Gasteiger partial charge in [0, 0.05) is 17.0 Å². The molecular weight excluding hydrogens is 228 g/mol. The molecule has 0 aliphatic heterocycles. The third kappa shape index (κ3) is 1.80. The Balaban J connectivity index is 2.19. The van der Waals surface area contributed by atoms with Crippen molar-refractivity contribution in [3.63, 3.8) is 0 Å². The zero-order valence-corrected chi connectivity index (χ0v) is 9.84. The highest BCUT2D eigenvalue weighted by Gasteiger charge is 2.08. The molecule has 1 heterocycles. The Morgan fingerprint density at radius 3 is 2.33 bits per heavy atom. The largest absolute Gasteiger partial charge is 0.508 e. The van der Waals surface area contributed by atoms with Gasteiger partial charge in [-0.25, -0.2) is 0 Å². The lowest BCUT2D eigenvalue weighted by Crippen LogP contribution is -1.74. The maximum absolute atomic E-state index is 9.47. The quantitative estimate of drug-likeness (QED) is 0.679. The third-order valence-corrected chi connectivity index (χ3v) is 2.86. The van der Waals surface area contributed by atoms with Crippen molar-refractivity contribution in [1.29, 1.82) is 0 Å². The van der Waals surface area contributed by atoms with Gasteiger partial charge in [-0.2, -0.15) is 0 Å². The van der Waals surface area contributed by atoms with Crippen LogP contribution in [-0.4, -0.2) is 10.2 Å². The molecule has 1 aromatic heterocycles. The molecule has 3 nitrogen and oxygen atoms in total. The van der Waals surface area contributed by atoms with Crippen LogP contribution >= 0.6 is 0 Å². The van der Waals surface area contributed by atoms with Crippen LogP contribution in [0.1, 0.15) is 5.56 Å². The highest BCUT2D eigenvalue weighted by atomic mass is 16.3. The van der Waals surface area contributed by atoms with E-state index in [1.54, 1.807) is 12.1 Å². The number of hydrogen-bond acceptors (Lipinski definition) is 3. The van der Waals surface area contributed by atoms with Crippen molar-refractivity contribution in [2.75, 3.05) is 0 Å². The van der Waals surface area contributed by atoms with E-state index in [2.05, 4.69) is 0 Å². The summed E-state index contributed by atoms with van der Waals surface area (Å²) < 4.78 is 5.70. The van der Waals surface area contributed by atoms with Gasteiger partial charge in [0.15, 0.2) is 0 Å². The molecule has 0 atom stereocenters. The van der Waals surface area contributed by atoms with Crippen LogP contribution in [0.4, 0.5) is 0 Å². The molecule has 0 radical (unpaired) electrons. The standard InChI is InChI=1S/C15H12O3/c1-9-2-3-14-10(4-9)7-15(18-14)11-5-12(16)8-13(17)6-11/h2-8,16-17H,1H3. The number of furan rings is 1. The summed E-state index contributed by atoms with van der Waals surface area (Å²) in [5.41, 5.74) is 2.60. The molecule has 0 bridgehead atoms. The van der Waals surface area contributed by atoms with E-state index in [0.29, 0.717) is 11.3 Å². The first-order chi connectivity index (χ1) is 8.61. The molecule has 0 saturated carbocycles. The molecule has 0 aliphatic carbocycles. The molecule has 0 amide bonds.